The van der Waals surface area contributed by atoms with E-state index in [9.17, 15) is 29.8 Å². The van der Waals surface area contributed by atoms with Gasteiger partial charge in [-0.3, -0.25) is 29.9 Å². The molecule has 11 nitrogen and oxygen atoms in total. The number of rotatable bonds is 6. The molecule has 38 heavy (non-hydrogen) atoms. The van der Waals surface area contributed by atoms with E-state index in [-0.39, 0.29) is 16.8 Å². The number of aromatic carboxylic acids is 1. The number of amides is 1. The number of carboxylic acid groups (broad SMARTS) is 1. The van der Waals surface area contributed by atoms with Crippen LogP contribution in [0.4, 0.5) is 34.1 Å². The third-order valence-electron chi connectivity index (χ3n) is 5.77. The molecular formula is C26H16N4O7S. The van der Waals surface area contributed by atoms with Crippen molar-refractivity contribution in [3.8, 4) is 0 Å². The second kappa shape index (κ2) is 9.67. The Balaban J connectivity index is 1.62. The van der Waals surface area contributed by atoms with Gasteiger partial charge in [-0.2, -0.15) is 0 Å². The van der Waals surface area contributed by atoms with Crippen molar-refractivity contribution in [2.45, 2.75) is 9.79 Å². The highest BCUT2D eigenvalue weighted by Crippen LogP contribution is 2.49. The standard InChI is InChI=1S/C26H16N4O7S/c31-25(28-18-5-1-3-7-22(18)38-23-8-4-2-6-19(23)28)16-13-20(29(34)35)24(21(14-16)30(36)37)27-17-11-9-15(10-12-17)26(32)33/h1-14,27H,(H,32,33). The van der Waals surface area contributed by atoms with E-state index in [0.717, 1.165) is 21.9 Å². The molecule has 4 aromatic rings. The summed E-state index contributed by atoms with van der Waals surface area (Å²) in [5, 5.41) is 35.7. The molecule has 1 heterocycles. The molecule has 0 radical (unpaired) electrons. The summed E-state index contributed by atoms with van der Waals surface area (Å²) in [6.45, 7) is 0. The van der Waals surface area contributed by atoms with Gasteiger partial charge in [0.1, 0.15) is 0 Å². The Morgan fingerprint density at radius 1 is 0.763 bits per heavy atom. The van der Waals surface area contributed by atoms with Crippen LogP contribution < -0.4 is 10.2 Å². The van der Waals surface area contributed by atoms with Crippen LogP contribution in [0.5, 0.6) is 0 Å². The minimum absolute atomic E-state index is 0.0271. The summed E-state index contributed by atoms with van der Waals surface area (Å²) in [6.07, 6.45) is 0. The normalized spacial score (nSPS) is 11.7. The van der Waals surface area contributed by atoms with Gasteiger partial charge in [-0.05, 0) is 48.5 Å². The average molecular weight is 529 g/mol. The van der Waals surface area contributed by atoms with Crippen LogP contribution in [-0.2, 0) is 0 Å². The van der Waals surface area contributed by atoms with Crippen molar-refractivity contribution >= 4 is 57.8 Å². The molecule has 0 aromatic heterocycles. The second-order valence-corrected chi connectivity index (χ2v) is 9.17. The van der Waals surface area contributed by atoms with E-state index in [4.69, 9.17) is 5.11 Å². The highest BCUT2D eigenvalue weighted by atomic mass is 32.2. The molecule has 0 atom stereocenters. The van der Waals surface area contributed by atoms with Gasteiger partial charge in [-0.15, -0.1) is 0 Å². The van der Waals surface area contributed by atoms with Crippen molar-refractivity contribution in [2.24, 2.45) is 0 Å². The topological polar surface area (TPSA) is 156 Å². The lowest BCUT2D eigenvalue weighted by atomic mass is 10.1. The number of anilines is 4. The molecule has 5 rings (SSSR count). The fourth-order valence-electron chi connectivity index (χ4n) is 4.04. The summed E-state index contributed by atoms with van der Waals surface area (Å²) in [4.78, 5) is 50.3. The largest absolute Gasteiger partial charge is 0.478 e. The van der Waals surface area contributed by atoms with Gasteiger partial charge >= 0.3 is 17.3 Å². The monoisotopic (exact) mass is 528 g/mol. The second-order valence-electron chi connectivity index (χ2n) is 8.09. The van der Waals surface area contributed by atoms with Crippen LogP contribution in [0.15, 0.2) is 94.7 Å². The van der Waals surface area contributed by atoms with Gasteiger partial charge in [0.15, 0.2) is 5.69 Å². The number of nitrogens with zero attached hydrogens (tertiary/aromatic N) is 3. The Kier molecular flexibility index (Phi) is 6.23. The van der Waals surface area contributed by atoms with E-state index in [2.05, 4.69) is 5.32 Å². The number of fused-ring (bicyclic) bond motifs is 2. The lowest BCUT2D eigenvalue weighted by Gasteiger charge is -2.31. The highest BCUT2D eigenvalue weighted by Gasteiger charge is 2.33. The number of nitro benzene ring substituents is 2. The zero-order valence-electron chi connectivity index (χ0n) is 19.2. The van der Waals surface area contributed by atoms with Gasteiger partial charge in [-0.25, -0.2) is 4.79 Å². The van der Waals surface area contributed by atoms with E-state index in [0.29, 0.717) is 11.4 Å². The minimum Gasteiger partial charge on any atom is -0.478 e. The fraction of sp³-hybridized carbons (Fsp3) is 0. The maximum atomic E-state index is 13.8. The lowest BCUT2D eigenvalue weighted by molar-refractivity contribution is -0.392. The van der Waals surface area contributed by atoms with Gasteiger partial charge in [0, 0.05) is 27.6 Å². The molecule has 0 bridgehead atoms. The number of nitrogens with one attached hydrogen (secondary N) is 1. The van der Waals surface area contributed by atoms with Crippen LogP contribution in [-0.4, -0.2) is 26.8 Å². The molecule has 188 valence electrons. The zero-order valence-corrected chi connectivity index (χ0v) is 20.0. The number of para-hydroxylation sites is 2. The molecule has 12 heteroatoms. The number of benzene rings is 4. The minimum atomic E-state index is -1.17. The molecule has 2 N–H and O–H groups in total. The van der Waals surface area contributed by atoms with E-state index >= 15 is 0 Å². The fourth-order valence-corrected chi connectivity index (χ4v) is 5.10. The van der Waals surface area contributed by atoms with Gasteiger partial charge < -0.3 is 10.4 Å². The van der Waals surface area contributed by atoms with Crippen LogP contribution in [0, 0.1) is 20.2 Å². The van der Waals surface area contributed by atoms with Crippen molar-refractivity contribution in [1.82, 2.24) is 0 Å². The van der Waals surface area contributed by atoms with Crippen molar-refractivity contribution in [1.29, 1.82) is 0 Å². The first-order valence-corrected chi connectivity index (χ1v) is 11.8. The Labute approximate surface area is 218 Å². The van der Waals surface area contributed by atoms with Crippen molar-refractivity contribution in [3.05, 3.63) is 116 Å². The molecule has 0 saturated heterocycles. The molecule has 0 unspecified atom stereocenters. The third kappa shape index (κ3) is 4.40. The molecular weight excluding hydrogens is 512 g/mol. The molecule has 4 aromatic carbocycles. The summed E-state index contributed by atoms with van der Waals surface area (Å²) in [6, 6.07) is 21.4. The predicted molar refractivity (Wildman–Crippen MR) is 140 cm³/mol. The van der Waals surface area contributed by atoms with Crippen LogP contribution in [0.1, 0.15) is 20.7 Å². The number of nitro groups is 2. The first kappa shape index (κ1) is 24.5. The third-order valence-corrected chi connectivity index (χ3v) is 6.90. The summed E-state index contributed by atoms with van der Waals surface area (Å²) in [5.74, 6) is -1.84. The Morgan fingerprint density at radius 2 is 1.26 bits per heavy atom. The summed E-state index contributed by atoms with van der Waals surface area (Å²) in [5.41, 5.74) is -0.784. The molecule has 0 aliphatic carbocycles. The van der Waals surface area contributed by atoms with E-state index < -0.39 is 38.8 Å². The average Bonchev–Trinajstić information content (AvgIpc) is 2.91. The number of carbonyl (C=O) groups excluding carboxylic acids is 1. The van der Waals surface area contributed by atoms with E-state index in [1.165, 1.54) is 40.9 Å². The zero-order chi connectivity index (χ0) is 27.0. The van der Waals surface area contributed by atoms with Gasteiger partial charge in [0.05, 0.1) is 32.3 Å². The van der Waals surface area contributed by atoms with E-state index in [1.807, 2.05) is 24.3 Å². The molecule has 0 spiro atoms. The van der Waals surface area contributed by atoms with Crippen LogP contribution >= 0.6 is 11.8 Å². The van der Waals surface area contributed by atoms with Gasteiger partial charge in [0.25, 0.3) is 5.91 Å². The first-order chi connectivity index (χ1) is 18.2. The Hall–Kier alpha value is -5.23. The van der Waals surface area contributed by atoms with E-state index in [1.54, 1.807) is 24.3 Å². The van der Waals surface area contributed by atoms with Crippen molar-refractivity contribution in [3.63, 3.8) is 0 Å². The van der Waals surface area contributed by atoms with Gasteiger partial charge in [0.2, 0.25) is 0 Å². The number of carboxylic acids is 1. The maximum absolute atomic E-state index is 13.8. The number of hydrogen-bond donors (Lipinski definition) is 2. The summed E-state index contributed by atoms with van der Waals surface area (Å²) >= 11 is 1.46. The molecule has 1 aliphatic rings. The van der Waals surface area contributed by atoms with Crippen molar-refractivity contribution in [2.75, 3.05) is 10.2 Å². The first-order valence-electron chi connectivity index (χ1n) is 11.0. The molecule has 0 saturated carbocycles. The molecule has 0 fully saturated rings. The highest BCUT2D eigenvalue weighted by molar-refractivity contribution is 7.99. The van der Waals surface area contributed by atoms with Crippen LogP contribution in [0.3, 0.4) is 0 Å². The smallest absolute Gasteiger partial charge is 0.335 e. The number of hydrogen-bond acceptors (Lipinski definition) is 8. The Bertz CT molecular complexity index is 1560. The molecule has 1 amide bonds. The number of carbonyl (C=O) groups is 2. The predicted octanol–water partition coefficient (Wildman–Crippen LogP) is 6.39. The van der Waals surface area contributed by atoms with Crippen LogP contribution in [0.2, 0.25) is 0 Å². The van der Waals surface area contributed by atoms with Crippen LogP contribution in [0.25, 0.3) is 0 Å². The van der Waals surface area contributed by atoms with Crippen molar-refractivity contribution < 1.29 is 24.5 Å². The SMILES string of the molecule is O=C(O)c1ccc(Nc2c([N+](=O)[O-])cc(C(=O)N3c4ccccc4Sc4ccccc43)cc2[N+](=O)[O-])cc1. The molecule has 1 aliphatic heterocycles. The summed E-state index contributed by atoms with van der Waals surface area (Å²) < 4.78 is 0. The lowest BCUT2D eigenvalue weighted by Crippen LogP contribution is -2.28. The summed E-state index contributed by atoms with van der Waals surface area (Å²) in [7, 11) is 0. The Morgan fingerprint density at radius 3 is 1.74 bits per heavy atom. The quantitative estimate of drug-likeness (QED) is 0.214. The van der Waals surface area contributed by atoms with Gasteiger partial charge in [-0.1, -0.05) is 36.0 Å². The maximum Gasteiger partial charge on any atom is 0.335 e.